The van der Waals surface area contributed by atoms with Gasteiger partial charge in [0.05, 0.1) is 5.69 Å². The summed E-state index contributed by atoms with van der Waals surface area (Å²) in [7, 11) is 1.82. The van der Waals surface area contributed by atoms with Crippen molar-refractivity contribution in [2.45, 2.75) is 19.9 Å². The number of hydrogen-bond acceptors (Lipinski definition) is 6. The third-order valence-corrected chi connectivity index (χ3v) is 3.55. The highest BCUT2D eigenvalue weighted by Gasteiger charge is 2.11. The summed E-state index contributed by atoms with van der Waals surface area (Å²) < 4.78 is 0. The summed E-state index contributed by atoms with van der Waals surface area (Å²) in [5.74, 6) is 0.611. The van der Waals surface area contributed by atoms with Gasteiger partial charge in [0.1, 0.15) is 11.3 Å². The first kappa shape index (κ1) is 15.0. The maximum Gasteiger partial charge on any atom is 0.224 e. The van der Waals surface area contributed by atoms with Crippen molar-refractivity contribution in [3.05, 3.63) is 30.6 Å². The summed E-state index contributed by atoms with van der Waals surface area (Å²) in [5, 5.41) is 10.7. The molecule has 2 aromatic heterocycles. The zero-order chi connectivity index (χ0) is 16.4. The zero-order valence-electron chi connectivity index (χ0n) is 13.3. The van der Waals surface area contributed by atoms with Crippen molar-refractivity contribution in [2.75, 3.05) is 17.7 Å². The number of aromatic amines is 1. The number of anilines is 2. The minimum atomic E-state index is 0. The van der Waals surface area contributed by atoms with Crippen LogP contribution in [0.15, 0.2) is 35.7 Å². The normalized spacial score (nSPS) is 11.0. The molecule has 0 spiro atoms. The van der Waals surface area contributed by atoms with Crippen LogP contribution in [0.2, 0.25) is 0 Å². The number of nitrogens with one attached hydrogen (secondary N) is 4. The first-order valence-electron chi connectivity index (χ1n) is 7.42. The van der Waals surface area contributed by atoms with Gasteiger partial charge in [0.2, 0.25) is 5.95 Å². The van der Waals surface area contributed by atoms with Gasteiger partial charge in [-0.05, 0) is 31.5 Å². The first-order chi connectivity index (χ1) is 11.1. The highest BCUT2D eigenvalue weighted by molar-refractivity contribution is 5.94. The average molecular weight is 313 g/mol. The van der Waals surface area contributed by atoms with Gasteiger partial charge in [0, 0.05) is 39.3 Å². The summed E-state index contributed by atoms with van der Waals surface area (Å²) in [6, 6.07) is 6.01. The quantitative estimate of drug-likeness (QED) is 0.515. The summed E-state index contributed by atoms with van der Waals surface area (Å²) in [6.07, 6.45) is 3.74. The minimum Gasteiger partial charge on any atom is -0.386 e. The van der Waals surface area contributed by atoms with Crippen LogP contribution in [-0.2, 0) is 0 Å². The fourth-order valence-corrected chi connectivity index (χ4v) is 2.48. The Hall–Kier alpha value is -2.96. The predicted octanol–water partition coefficient (Wildman–Crippen LogP) is 4.64. The van der Waals surface area contributed by atoms with Crippen LogP contribution in [0.25, 0.3) is 22.2 Å². The van der Waals surface area contributed by atoms with E-state index in [2.05, 4.69) is 30.7 Å². The van der Waals surface area contributed by atoms with Crippen LogP contribution in [0, 0.1) is 5.53 Å². The maximum absolute atomic E-state index is 7.20. The third kappa shape index (κ3) is 2.85. The molecule has 0 saturated carbocycles. The van der Waals surface area contributed by atoms with Gasteiger partial charge in [-0.15, -0.1) is 0 Å². The number of hydrogen-bond donors (Lipinski definition) is 4. The Labute approximate surface area is 137 Å². The van der Waals surface area contributed by atoms with Crippen LogP contribution in [-0.4, -0.2) is 28.0 Å². The van der Waals surface area contributed by atoms with E-state index in [1.807, 2.05) is 51.5 Å². The number of aromatic nitrogens is 3. The molecular formula is C16H23N7. The molecule has 7 heteroatoms. The van der Waals surface area contributed by atoms with Crippen LogP contribution >= 0.6 is 0 Å². The Bertz CT molecular complexity index is 861. The van der Waals surface area contributed by atoms with E-state index >= 15 is 0 Å². The van der Waals surface area contributed by atoms with Gasteiger partial charge in [0.15, 0.2) is 0 Å². The van der Waals surface area contributed by atoms with E-state index in [4.69, 9.17) is 5.53 Å². The molecule has 23 heavy (non-hydrogen) atoms. The molecule has 3 rings (SSSR count). The van der Waals surface area contributed by atoms with E-state index in [-0.39, 0.29) is 8.90 Å². The number of fused-ring (bicyclic) bond motifs is 1. The zero-order valence-corrected chi connectivity index (χ0v) is 13.3. The number of benzene rings is 1. The number of nitrogens with zero attached hydrogens (tertiary/aromatic N) is 3. The topological polar surface area (TPSA) is 102 Å². The van der Waals surface area contributed by atoms with E-state index in [0.29, 0.717) is 11.6 Å². The molecule has 0 aliphatic heterocycles. The van der Waals surface area contributed by atoms with E-state index in [9.17, 15) is 0 Å². The predicted molar refractivity (Wildman–Crippen MR) is 96.7 cm³/mol. The second-order valence-corrected chi connectivity index (χ2v) is 5.55. The Morgan fingerprint density at radius 2 is 2.17 bits per heavy atom. The molecule has 0 saturated heterocycles. The van der Waals surface area contributed by atoms with Gasteiger partial charge in [-0.3, -0.25) is 0 Å². The van der Waals surface area contributed by atoms with Crippen molar-refractivity contribution >= 4 is 28.4 Å². The van der Waals surface area contributed by atoms with Crippen LogP contribution < -0.4 is 10.6 Å². The Morgan fingerprint density at radius 3 is 2.87 bits per heavy atom. The number of rotatable bonds is 5. The van der Waals surface area contributed by atoms with Crippen LogP contribution in [0.5, 0.6) is 0 Å². The molecule has 0 radical (unpaired) electrons. The summed E-state index contributed by atoms with van der Waals surface area (Å²) in [5.41, 5.74) is 11.4. The molecule has 2 heterocycles. The first-order valence-corrected chi connectivity index (χ1v) is 7.42. The smallest absolute Gasteiger partial charge is 0.224 e. The van der Waals surface area contributed by atoms with Gasteiger partial charge >= 0.3 is 0 Å². The lowest BCUT2D eigenvalue weighted by molar-refractivity contribution is 0.877. The summed E-state index contributed by atoms with van der Waals surface area (Å²) in [6.45, 7) is 4.10. The number of H-pyrrole nitrogens is 1. The monoisotopic (exact) mass is 313 g/mol. The lowest BCUT2D eigenvalue weighted by Crippen LogP contribution is -2.12. The minimum absolute atomic E-state index is 0. The second kappa shape index (κ2) is 6.04. The second-order valence-electron chi connectivity index (χ2n) is 5.55. The molecule has 0 atom stereocenters. The molecule has 0 aliphatic rings. The van der Waals surface area contributed by atoms with Crippen LogP contribution in [0.1, 0.15) is 16.7 Å². The van der Waals surface area contributed by atoms with Gasteiger partial charge in [0.25, 0.3) is 0 Å². The molecule has 0 unspecified atom stereocenters. The Balaban J connectivity index is 0.00000156. The van der Waals surface area contributed by atoms with E-state index in [1.165, 1.54) is 0 Å². The Morgan fingerprint density at radius 1 is 1.35 bits per heavy atom. The van der Waals surface area contributed by atoms with Gasteiger partial charge < -0.3 is 15.6 Å². The van der Waals surface area contributed by atoms with Crippen molar-refractivity contribution in [3.63, 3.8) is 0 Å². The molecule has 0 aliphatic carbocycles. The summed E-state index contributed by atoms with van der Waals surface area (Å²) in [4.78, 5) is 12.1. The fraction of sp³-hybridized carbons (Fsp3) is 0.250. The van der Waals surface area contributed by atoms with Crippen molar-refractivity contribution in [2.24, 2.45) is 5.11 Å². The SMILES string of the molecule is CNc1cc(-c2c[nH]c3nc(NC(C)C)ncc23)ccc1N=N.[HH].[HH]. The molecule has 0 fully saturated rings. The van der Waals surface area contributed by atoms with E-state index in [1.54, 1.807) is 0 Å². The van der Waals surface area contributed by atoms with Gasteiger partial charge in [-0.1, -0.05) is 6.07 Å². The molecule has 7 nitrogen and oxygen atoms in total. The largest absolute Gasteiger partial charge is 0.386 e. The van der Waals surface area contributed by atoms with Crippen molar-refractivity contribution in [1.29, 1.82) is 5.53 Å². The lowest BCUT2D eigenvalue weighted by Gasteiger charge is -2.08. The highest BCUT2D eigenvalue weighted by Crippen LogP contribution is 2.33. The van der Waals surface area contributed by atoms with Crippen molar-refractivity contribution in [3.8, 4) is 11.1 Å². The molecule has 0 amide bonds. The fourth-order valence-electron chi connectivity index (χ4n) is 2.48. The molecule has 122 valence electrons. The van der Waals surface area contributed by atoms with E-state index < -0.39 is 0 Å². The standard InChI is InChI=1S/C16H19N7.2H2/c1-9(2)21-16-20-8-12-11(7-19-15(12)22-16)10-4-5-13(23-17)14(6-10)18-3;;/h4-9,17-18H,1-3H3,(H2,19,20,21,22);2*1H. The van der Waals surface area contributed by atoms with Crippen LogP contribution in [0.3, 0.4) is 0 Å². The molecule has 1 aromatic carbocycles. The molecule has 4 N–H and O–H groups in total. The van der Waals surface area contributed by atoms with Gasteiger partial charge in [-0.2, -0.15) is 10.1 Å². The maximum atomic E-state index is 7.20. The van der Waals surface area contributed by atoms with Gasteiger partial charge in [-0.25, -0.2) is 10.5 Å². The third-order valence-electron chi connectivity index (χ3n) is 3.55. The van der Waals surface area contributed by atoms with Crippen LogP contribution in [0.4, 0.5) is 17.3 Å². The Kier molecular flexibility index (Phi) is 3.92. The highest BCUT2D eigenvalue weighted by atomic mass is 15.1. The van der Waals surface area contributed by atoms with Crippen molar-refractivity contribution in [1.82, 2.24) is 15.0 Å². The molecule has 0 bridgehead atoms. The van der Waals surface area contributed by atoms with E-state index in [0.717, 1.165) is 27.8 Å². The average Bonchev–Trinajstić information content (AvgIpc) is 2.96. The summed E-state index contributed by atoms with van der Waals surface area (Å²) >= 11 is 0. The lowest BCUT2D eigenvalue weighted by atomic mass is 10.1. The molecule has 3 aromatic rings. The van der Waals surface area contributed by atoms with Crippen molar-refractivity contribution < 1.29 is 2.85 Å². The molecular weight excluding hydrogens is 290 g/mol.